The number of aromatic nitrogens is 2. The lowest BCUT2D eigenvalue weighted by molar-refractivity contribution is -0.116. The van der Waals surface area contributed by atoms with Crippen LogP contribution in [-0.4, -0.2) is 22.5 Å². The molecular weight excluding hydrogens is 285 g/mol. The number of halogens is 1. The van der Waals surface area contributed by atoms with E-state index in [9.17, 15) is 9.18 Å². The summed E-state index contributed by atoms with van der Waals surface area (Å²) in [6, 6.07) is 13.6. The van der Waals surface area contributed by atoms with E-state index in [2.05, 4.69) is 15.3 Å². The maximum Gasteiger partial charge on any atom is 0.230 e. The van der Waals surface area contributed by atoms with E-state index in [1.54, 1.807) is 12.1 Å². The van der Waals surface area contributed by atoms with Crippen LogP contribution in [0.15, 0.2) is 48.5 Å². The number of amides is 1. The van der Waals surface area contributed by atoms with Gasteiger partial charge in [-0.1, -0.05) is 24.3 Å². The molecule has 3 aromatic rings. The summed E-state index contributed by atoms with van der Waals surface area (Å²) in [6.45, 7) is 0.0903. The Morgan fingerprint density at radius 1 is 1.18 bits per heavy atom. The molecule has 1 amide bonds. The van der Waals surface area contributed by atoms with Crippen molar-refractivity contribution in [3.8, 4) is 5.75 Å². The lowest BCUT2D eigenvalue weighted by Crippen LogP contribution is -2.16. The molecule has 0 atom stereocenters. The van der Waals surface area contributed by atoms with Crippen LogP contribution in [0.4, 0.5) is 10.3 Å². The van der Waals surface area contributed by atoms with Gasteiger partial charge < -0.3 is 9.72 Å². The van der Waals surface area contributed by atoms with E-state index in [-0.39, 0.29) is 24.7 Å². The van der Waals surface area contributed by atoms with Crippen molar-refractivity contribution in [2.75, 3.05) is 11.9 Å². The lowest BCUT2D eigenvalue weighted by atomic mass is 10.3. The monoisotopic (exact) mass is 299 g/mol. The standard InChI is InChI=1S/C16H14FN3O2/c17-11-5-1-4-8-14(11)22-10-9-15(21)20-16-18-12-6-2-3-7-13(12)19-16/h1-8H,9-10H2,(H2,18,19,20,21). The first-order chi connectivity index (χ1) is 10.7. The van der Waals surface area contributed by atoms with Gasteiger partial charge in [0.05, 0.1) is 24.1 Å². The number of aromatic amines is 1. The maximum atomic E-state index is 13.3. The fourth-order valence-corrected chi connectivity index (χ4v) is 2.02. The summed E-state index contributed by atoms with van der Waals surface area (Å²) in [7, 11) is 0. The second-order valence-corrected chi connectivity index (χ2v) is 4.68. The molecule has 5 nitrogen and oxygen atoms in total. The summed E-state index contributed by atoms with van der Waals surface area (Å²) >= 11 is 0. The van der Waals surface area contributed by atoms with Crippen LogP contribution < -0.4 is 10.1 Å². The Bertz CT molecular complexity index is 768. The molecule has 0 aliphatic heterocycles. The molecular formula is C16H14FN3O2. The third-order valence-corrected chi connectivity index (χ3v) is 3.07. The normalized spacial score (nSPS) is 10.6. The van der Waals surface area contributed by atoms with Gasteiger partial charge in [0.1, 0.15) is 0 Å². The number of nitrogens with zero attached hydrogens (tertiary/aromatic N) is 1. The first kappa shape index (κ1) is 14.1. The van der Waals surface area contributed by atoms with Crippen LogP contribution in [0.2, 0.25) is 0 Å². The molecule has 0 bridgehead atoms. The summed E-state index contributed by atoms with van der Waals surface area (Å²) in [4.78, 5) is 19.1. The van der Waals surface area contributed by atoms with Crippen LogP contribution >= 0.6 is 0 Å². The summed E-state index contributed by atoms with van der Waals surface area (Å²) in [5.74, 6) is -0.174. The van der Waals surface area contributed by atoms with E-state index in [1.807, 2.05) is 24.3 Å². The van der Waals surface area contributed by atoms with Gasteiger partial charge in [-0.3, -0.25) is 10.1 Å². The molecule has 2 aromatic carbocycles. The zero-order chi connectivity index (χ0) is 15.4. The Labute approximate surface area is 126 Å². The highest BCUT2D eigenvalue weighted by Crippen LogP contribution is 2.16. The van der Waals surface area contributed by atoms with Gasteiger partial charge in [-0.25, -0.2) is 9.37 Å². The number of fused-ring (bicyclic) bond motifs is 1. The fourth-order valence-electron chi connectivity index (χ4n) is 2.02. The Morgan fingerprint density at radius 2 is 1.95 bits per heavy atom. The number of nitrogens with one attached hydrogen (secondary N) is 2. The largest absolute Gasteiger partial charge is 0.490 e. The number of hydrogen-bond donors (Lipinski definition) is 2. The molecule has 0 saturated heterocycles. The van der Waals surface area contributed by atoms with Crippen LogP contribution in [0, 0.1) is 5.82 Å². The van der Waals surface area contributed by atoms with Crippen LogP contribution in [0.1, 0.15) is 6.42 Å². The molecule has 0 aliphatic rings. The number of carbonyl (C=O) groups is 1. The molecule has 3 rings (SSSR count). The Kier molecular flexibility index (Phi) is 4.00. The molecule has 2 N–H and O–H groups in total. The quantitative estimate of drug-likeness (QED) is 0.760. The van der Waals surface area contributed by atoms with E-state index in [0.717, 1.165) is 11.0 Å². The fraction of sp³-hybridized carbons (Fsp3) is 0.125. The van der Waals surface area contributed by atoms with E-state index < -0.39 is 5.82 Å². The molecule has 0 saturated carbocycles. The van der Waals surface area contributed by atoms with Crippen molar-refractivity contribution in [2.45, 2.75) is 6.42 Å². The Balaban J connectivity index is 1.53. The van der Waals surface area contributed by atoms with Gasteiger partial charge in [0, 0.05) is 0 Å². The van der Waals surface area contributed by atoms with E-state index >= 15 is 0 Å². The number of imidazole rings is 1. The van der Waals surface area contributed by atoms with Crippen molar-refractivity contribution in [2.24, 2.45) is 0 Å². The van der Waals surface area contributed by atoms with Crippen LogP contribution in [0.25, 0.3) is 11.0 Å². The highest BCUT2D eigenvalue weighted by atomic mass is 19.1. The lowest BCUT2D eigenvalue weighted by Gasteiger charge is -2.06. The van der Waals surface area contributed by atoms with Crippen molar-refractivity contribution >= 4 is 22.9 Å². The van der Waals surface area contributed by atoms with Gasteiger partial charge in [0.15, 0.2) is 11.6 Å². The second-order valence-electron chi connectivity index (χ2n) is 4.68. The number of para-hydroxylation sites is 3. The molecule has 0 unspecified atom stereocenters. The number of anilines is 1. The van der Waals surface area contributed by atoms with Gasteiger partial charge in [-0.2, -0.15) is 0 Å². The molecule has 6 heteroatoms. The molecule has 22 heavy (non-hydrogen) atoms. The summed E-state index contributed by atoms with van der Waals surface area (Å²) in [5.41, 5.74) is 1.63. The van der Waals surface area contributed by atoms with Crippen molar-refractivity contribution < 1.29 is 13.9 Å². The van der Waals surface area contributed by atoms with E-state index in [1.165, 1.54) is 12.1 Å². The first-order valence-electron chi connectivity index (χ1n) is 6.84. The molecule has 1 aromatic heterocycles. The minimum atomic E-state index is -0.444. The average Bonchev–Trinajstić information content (AvgIpc) is 2.91. The van der Waals surface area contributed by atoms with Crippen molar-refractivity contribution in [1.29, 1.82) is 0 Å². The smallest absolute Gasteiger partial charge is 0.230 e. The molecule has 0 fully saturated rings. The van der Waals surface area contributed by atoms with Gasteiger partial charge in [0.2, 0.25) is 11.9 Å². The minimum absolute atomic E-state index is 0.0903. The predicted molar refractivity (Wildman–Crippen MR) is 81.2 cm³/mol. The van der Waals surface area contributed by atoms with Gasteiger partial charge in [-0.05, 0) is 24.3 Å². The van der Waals surface area contributed by atoms with E-state index in [0.29, 0.717) is 5.95 Å². The molecule has 1 heterocycles. The van der Waals surface area contributed by atoms with Gasteiger partial charge in [0.25, 0.3) is 0 Å². The van der Waals surface area contributed by atoms with E-state index in [4.69, 9.17) is 4.74 Å². The van der Waals surface area contributed by atoms with Gasteiger partial charge in [-0.15, -0.1) is 0 Å². The third-order valence-electron chi connectivity index (χ3n) is 3.07. The highest BCUT2D eigenvalue weighted by Gasteiger charge is 2.08. The average molecular weight is 299 g/mol. The number of ether oxygens (including phenoxy) is 1. The molecule has 0 spiro atoms. The number of H-pyrrole nitrogens is 1. The summed E-state index contributed by atoms with van der Waals surface area (Å²) in [5, 5.41) is 2.65. The summed E-state index contributed by atoms with van der Waals surface area (Å²) in [6.07, 6.45) is 0.103. The summed E-state index contributed by atoms with van der Waals surface area (Å²) < 4.78 is 18.6. The van der Waals surface area contributed by atoms with Crippen LogP contribution in [0.3, 0.4) is 0 Å². The Morgan fingerprint density at radius 3 is 2.77 bits per heavy atom. The van der Waals surface area contributed by atoms with Crippen LogP contribution in [0.5, 0.6) is 5.75 Å². The first-order valence-corrected chi connectivity index (χ1v) is 6.84. The SMILES string of the molecule is O=C(CCOc1ccccc1F)Nc1nc2ccccc2[nH]1. The zero-order valence-corrected chi connectivity index (χ0v) is 11.7. The zero-order valence-electron chi connectivity index (χ0n) is 11.7. The minimum Gasteiger partial charge on any atom is -0.490 e. The van der Waals surface area contributed by atoms with Crippen molar-refractivity contribution in [1.82, 2.24) is 9.97 Å². The van der Waals surface area contributed by atoms with Crippen molar-refractivity contribution in [3.05, 3.63) is 54.3 Å². The third kappa shape index (κ3) is 3.22. The number of carbonyl (C=O) groups excluding carboxylic acids is 1. The topological polar surface area (TPSA) is 67.0 Å². The molecule has 0 radical (unpaired) electrons. The number of rotatable bonds is 5. The highest BCUT2D eigenvalue weighted by molar-refractivity contribution is 5.91. The van der Waals surface area contributed by atoms with Crippen molar-refractivity contribution in [3.63, 3.8) is 0 Å². The Hall–Kier alpha value is -2.89. The number of benzene rings is 2. The molecule has 0 aliphatic carbocycles. The van der Waals surface area contributed by atoms with Crippen LogP contribution in [-0.2, 0) is 4.79 Å². The predicted octanol–water partition coefficient (Wildman–Crippen LogP) is 3.11. The second kappa shape index (κ2) is 6.26. The molecule has 112 valence electrons. The number of hydrogen-bond acceptors (Lipinski definition) is 3. The van der Waals surface area contributed by atoms with Gasteiger partial charge >= 0.3 is 0 Å². The maximum absolute atomic E-state index is 13.3.